The predicted octanol–water partition coefficient (Wildman–Crippen LogP) is 4.39. The maximum atomic E-state index is 10.1. The van der Waals surface area contributed by atoms with Crippen LogP contribution in [0, 0.1) is 12.8 Å². The summed E-state index contributed by atoms with van der Waals surface area (Å²) in [5.74, 6) is 0.865. The Morgan fingerprint density at radius 3 is 2.41 bits per heavy atom. The van der Waals surface area contributed by atoms with Gasteiger partial charge < -0.3 is 5.11 Å². The molecule has 1 heteroatoms. The molecule has 0 amide bonds. The molecule has 0 spiro atoms. The minimum atomic E-state index is -0.266. The van der Waals surface area contributed by atoms with Gasteiger partial charge in [0.1, 0.15) is 0 Å². The van der Waals surface area contributed by atoms with Crippen LogP contribution in [0.1, 0.15) is 62.2 Å². The third-order valence-electron chi connectivity index (χ3n) is 4.04. The SMILES string of the molecule is Cc1ccc(C(O)CCC2CCCCC2)cc1. The average molecular weight is 232 g/mol. The highest BCUT2D eigenvalue weighted by Gasteiger charge is 2.15. The summed E-state index contributed by atoms with van der Waals surface area (Å²) in [5.41, 5.74) is 2.33. The van der Waals surface area contributed by atoms with Crippen molar-refractivity contribution in [1.29, 1.82) is 0 Å². The van der Waals surface area contributed by atoms with Crippen molar-refractivity contribution in [2.45, 2.75) is 58.0 Å². The lowest BCUT2D eigenvalue weighted by atomic mass is 9.85. The van der Waals surface area contributed by atoms with Gasteiger partial charge in [-0.1, -0.05) is 61.9 Å². The highest BCUT2D eigenvalue weighted by molar-refractivity contribution is 5.22. The minimum absolute atomic E-state index is 0.266. The van der Waals surface area contributed by atoms with Gasteiger partial charge in [-0.25, -0.2) is 0 Å². The number of hydrogen-bond donors (Lipinski definition) is 1. The Labute approximate surface area is 105 Å². The van der Waals surface area contributed by atoms with Gasteiger partial charge in [-0.05, 0) is 31.2 Å². The van der Waals surface area contributed by atoms with Crippen molar-refractivity contribution in [3.63, 3.8) is 0 Å². The molecule has 1 aromatic rings. The van der Waals surface area contributed by atoms with Gasteiger partial charge in [0.25, 0.3) is 0 Å². The lowest BCUT2D eigenvalue weighted by molar-refractivity contribution is 0.151. The Kier molecular flexibility index (Phi) is 4.61. The highest BCUT2D eigenvalue weighted by Crippen LogP contribution is 2.30. The Hall–Kier alpha value is -0.820. The normalized spacial score (nSPS) is 19.2. The molecule has 1 atom stereocenters. The van der Waals surface area contributed by atoms with Crippen molar-refractivity contribution >= 4 is 0 Å². The molecule has 1 fully saturated rings. The summed E-state index contributed by atoms with van der Waals surface area (Å²) in [4.78, 5) is 0. The van der Waals surface area contributed by atoms with Gasteiger partial charge in [-0.2, -0.15) is 0 Å². The molecular weight excluding hydrogens is 208 g/mol. The van der Waals surface area contributed by atoms with Crippen LogP contribution in [-0.2, 0) is 0 Å². The van der Waals surface area contributed by atoms with Gasteiger partial charge in [0.2, 0.25) is 0 Å². The van der Waals surface area contributed by atoms with E-state index >= 15 is 0 Å². The number of aliphatic hydroxyl groups excluding tert-OH is 1. The third-order valence-corrected chi connectivity index (χ3v) is 4.04. The van der Waals surface area contributed by atoms with Crippen molar-refractivity contribution < 1.29 is 5.11 Å². The van der Waals surface area contributed by atoms with Crippen LogP contribution in [0.4, 0.5) is 0 Å². The molecular formula is C16H24O. The Bertz CT molecular complexity index is 322. The first-order chi connectivity index (χ1) is 8.25. The van der Waals surface area contributed by atoms with Crippen LogP contribution in [0.2, 0.25) is 0 Å². The van der Waals surface area contributed by atoms with Gasteiger partial charge >= 0.3 is 0 Å². The van der Waals surface area contributed by atoms with E-state index in [1.54, 1.807) is 0 Å². The highest BCUT2D eigenvalue weighted by atomic mass is 16.3. The molecule has 17 heavy (non-hydrogen) atoms. The van der Waals surface area contributed by atoms with Crippen LogP contribution in [-0.4, -0.2) is 5.11 Å². The first-order valence-corrected chi connectivity index (χ1v) is 7.00. The molecule has 1 aliphatic rings. The first kappa shape index (κ1) is 12.6. The third kappa shape index (κ3) is 3.85. The van der Waals surface area contributed by atoms with Crippen molar-refractivity contribution in [1.82, 2.24) is 0 Å². The van der Waals surface area contributed by atoms with Crippen LogP contribution < -0.4 is 0 Å². The minimum Gasteiger partial charge on any atom is -0.388 e. The summed E-state index contributed by atoms with van der Waals surface area (Å²) in [7, 11) is 0. The summed E-state index contributed by atoms with van der Waals surface area (Å²) in [6, 6.07) is 8.28. The molecule has 94 valence electrons. The van der Waals surface area contributed by atoms with Gasteiger partial charge in [0.15, 0.2) is 0 Å². The van der Waals surface area contributed by atoms with Gasteiger partial charge in [-0.3, -0.25) is 0 Å². The van der Waals surface area contributed by atoms with E-state index in [-0.39, 0.29) is 6.10 Å². The smallest absolute Gasteiger partial charge is 0.0790 e. The molecule has 0 saturated heterocycles. The molecule has 1 nitrogen and oxygen atoms in total. The van der Waals surface area contributed by atoms with Crippen molar-refractivity contribution in [3.8, 4) is 0 Å². The molecule has 1 aliphatic carbocycles. The second-order valence-electron chi connectivity index (χ2n) is 5.51. The average Bonchev–Trinajstić information content (AvgIpc) is 2.38. The molecule has 0 bridgehead atoms. The molecule has 0 aliphatic heterocycles. The van der Waals surface area contributed by atoms with E-state index in [2.05, 4.69) is 31.2 Å². The summed E-state index contributed by atoms with van der Waals surface area (Å²) in [5, 5.41) is 10.1. The van der Waals surface area contributed by atoms with E-state index in [4.69, 9.17) is 0 Å². The molecule has 0 aromatic heterocycles. The fraction of sp³-hybridized carbons (Fsp3) is 0.625. The quantitative estimate of drug-likeness (QED) is 0.816. The maximum Gasteiger partial charge on any atom is 0.0790 e. The summed E-state index contributed by atoms with van der Waals surface area (Å²) < 4.78 is 0. The summed E-state index contributed by atoms with van der Waals surface area (Å²) in [6.07, 6.45) is 8.80. The zero-order chi connectivity index (χ0) is 12.1. The van der Waals surface area contributed by atoms with E-state index in [9.17, 15) is 5.11 Å². The Morgan fingerprint density at radius 2 is 1.76 bits per heavy atom. The topological polar surface area (TPSA) is 20.2 Å². The van der Waals surface area contributed by atoms with Gasteiger partial charge in [0.05, 0.1) is 6.10 Å². The molecule has 2 rings (SSSR count). The van der Waals surface area contributed by atoms with Crippen molar-refractivity contribution in [2.24, 2.45) is 5.92 Å². The maximum absolute atomic E-state index is 10.1. The lowest BCUT2D eigenvalue weighted by Crippen LogP contribution is -2.08. The Balaban J connectivity index is 1.80. The number of benzene rings is 1. The fourth-order valence-electron chi connectivity index (χ4n) is 2.82. The second kappa shape index (κ2) is 6.20. The van der Waals surface area contributed by atoms with Crippen LogP contribution >= 0.6 is 0 Å². The largest absolute Gasteiger partial charge is 0.388 e. The number of hydrogen-bond acceptors (Lipinski definition) is 1. The van der Waals surface area contributed by atoms with Crippen LogP contribution in [0.25, 0.3) is 0 Å². The first-order valence-electron chi connectivity index (χ1n) is 7.00. The molecule has 1 saturated carbocycles. The zero-order valence-corrected chi connectivity index (χ0v) is 10.9. The van der Waals surface area contributed by atoms with Crippen LogP contribution in [0.15, 0.2) is 24.3 Å². The number of aliphatic hydroxyl groups is 1. The summed E-state index contributed by atoms with van der Waals surface area (Å²) >= 11 is 0. The molecule has 1 aromatic carbocycles. The van der Waals surface area contributed by atoms with E-state index in [1.807, 2.05) is 0 Å². The second-order valence-corrected chi connectivity index (χ2v) is 5.51. The Morgan fingerprint density at radius 1 is 1.12 bits per heavy atom. The monoisotopic (exact) mass is 232 g/mol. The molecule has 0 radical (unpaired) electrons. The van der Waals surface area contributed by atoms with Gasteiger partial charge in [-0.15, -0.1) is 0 Å². The van der Waals surface area contributed by atoms with E-state index < -0.39 is 0 Å². The van der Waals surface area contributed by atoms with Crippen molar-refractivity contribution in [2.75, 3.05) is 0 Å². The van der Waals surface area contributed by atoms with Crippen molar-refractivity contribution in [3.05, 3.63) is 35.4 Å². The zero-order valence-electron chi connectivity index (χ0n) is 10.9. The van der Waals surface area contributed by atoms with E-state index in [0.717, 1.165) is 17.9 Å². The molecule has 1 unspecified atom stereocenters. The van der Waals surface area contributed by atoms with Gasteiger partial charge in [0, 0.05) is 0 Å². The predicted molar refractivity (Wildman–Crippen MR) is 71.9 cm³/mol. The number of aryl methyl sites for hydroxylation is 1. The van der Waals surface area contributed by atoms with Crippen LogP contribution in [0.5, 0.6) is 0 Å². The van der Waals surface area contributed by atoms with Crippen LogP contribution in [0.3, 0.4) is 0 Å². The number of rotatable bonds is 4. The summed E-state index contributed by atoms with van der Waals surface area (Å²) in [6.45, 7) is 2.08. The standard InChI is InChI=1S/C16H24O/c1-13-7-10-15(11-8-13)16(17)12-9-14-5-3-2-4-6-14/h7-8,10-11,14,16-17H,2-6,9,12H2,1H3. The fourth-order valence-corrected chi connectivity index (χ4v) is 2.82. The van der Waals surface area contributed by atoms with E-state index in [1.165, 1.54) is 44.1 Å². The van der Waals surface area contributed by atoms with E-state index in [0.29, 0.717) is 0 Å². The molecule has 1 N–H and O–H groups in total. The molecule has 0 heterocycles. The lowest BCUT2D eigenvalue weighted by Gasteiger charge is -2.22.